The lowest BCUT2D eigenvalue weighted by Gasteiger charge is -2.32. The maximum Gasteiger partial charge on any atom is 0.166 e. The summed E-state index contributed by atoms with van der Waals surface area (Å²) in [6.45, 7) is 0.981. The molecular weight excluding hydrogens is 200 g/mol. The average Bonchev–Trinajstić information content (AvgIpc) is 2.77. The second-order valence-electron chi connectivity index (χ2n) is 4.53. The van der Waals surface area contributed by atoms with Crippen molar-refractivity contribution in [2.24, 2.45) is 4.99 Å². The summed E-state index contributed by atoms with van der Waals surface area (Å²) < 4.78 is 0. The number of hydrogen-bond acceptors (Lipinski definition) is 3. The fraction of sp³-hybridized carbons (Fsp3) is 0.385. The first kappa shape index (κ1) is 9.73. The molecule has 2 aliphatic heterocycles. The number of hydrogen-bond donors (Lipinski definition) is 1. The SMILES string of the molecule is O=CC1=Nc2ccccc2CC12CCCN2. The van der Waals surface area contributed by atoms with Crippen LogP contribution in [0.4, 0.5) is 5.69 Å². The predicted molar refractivity (Wildman–Crippen MR) is 63.3 cm³/mol. The van der Waals surface area contributed by atoms with Crippen molar-refractivity contribution in [3.8, 4) is 0 Å². The first-order valence-corrected chi connectivity index (χ1v) is 5.71. The minimum absolute atomic E-state index is 0.184. The molecule has 0 aliphatic carbocycles. The molecule has 0 aromatic heterocycles. The van der Waals surface area contributed by atoms with Crippen LogP contribution >= 0.6 is 0 Å². The monoisotopic (exact) mass is 214 g/mol. The van der Waals surface area contributed by atoms with E-state index in [4.69, 9.17) is 0 Å². The van der Waals surface area contributed by atoms with Crippen LogP contribution in [0.1, 0.15) is 18.4 Å². The number of nitrogens with one attached hydrogen (secondary N) is 1. The average molecular weight is 214 g/mol. The van der Waals surface area contributed by atoms with Gasteiger partial charge in [0.1, 0.15) is 5.71 Å². The summed E-state index contributed by atoms with van der Waals surface area (Å²) in [6.07, 6.45) is 3.93. The van der Waals surface area contributed by atoms with Crippen LogP contribution in [0.25, 0.3) is 0 Å². The zero-order chi connectivity index (χ0) is 11.0. The first-order chi connectivity index (χ1) is 7.84. The third kappa shape index (κ3) is 1.32. The summed E-state index contributed by atoms with van der Waals surface area (Å²) in [6, 6.07) is 8.07. The third-order valence-corrected chi connectivity index (χ3v) is 3.57. The highest BCUT2D eigenvalue weighted by molar-refractivity contribution is 6.33. The van der Waals surface area contributed by atoms with Crippen LogP contribution in [0, 0.1) is 0 Å². The van der Waals surface area contributed by atoms with Crippen molar-refractivity contribution in [3.63, 3.8) is 0 Å². The van der Waals surface area contributed by atoms with Crippen LogP contribution in [0.5, 0.6) is 0 Å². The lowest BCUT2D eigenvalue weighted by atomic mass is 9.82. The minimum atomic E-state index is -0.184. The highest BCUT2D eigenvalue weighted by Gasteiger charge is 2.41. The van der Waals surface area contributed by atoms with Gasteiger partial charge in [-0.3, -0.25) is 4.79 Å². The van der Waals surface area contributed by atoms with Crippen molar-refractivity contribution in [2.45, 2.75) is 24.8 Å². The van der Waals surface area contributed by atoms with Gasteiger partial charge in [0.15, 0.2) is 6.29 Å². The van der Waals surface area contributed by atoms with Gasteiger partial charge in [-0.1, -0.05) is 18.2 Å². The largest absolute Gasteiger partial charge is 0.306 e. The molecule has 1 aromatic carbocycles. The lowest BCUT2D eigenvalue weighted by molar-refractivity contribution is -0.103. The Morgan fingerprint density at radius 1 is 1.38 bits per heavy atom. The van der Waals surface area contributed by atoms with E-state index < -0.39 is 0 Å². The first-order valence-electron chi connectivity index (χ1n) is 5.71. The molecule has 2 aliphatic rings. The number of aliphatic imine (C=N–C) groups is 1. The van der Waals surface area contributed by atoms with Gasteiger partial charge in [0.05, 0.1) is 11.2 Å². The van der Waals surface area contributed by atoms with E-state index in [-0.39, 0.29) is 5.54 Å². The van der Waals surface area contributed by atoms with Crippen LogP contribution < -0.4 is 5.32 Å². The minimum Gasteiger partial charge on any atom is -0.306 e. The van der Waals surface area contributed by atoms with Gasteiger partial charge in [0, 0.05) is 0 Å². The molecule has 1 atom stereocenters. The summed E-state index contributed by atoms with van der Waals surface area (Å²) in [5, 5.41) is 3.45. The van der Waals surface area contributed by atoms with E-state index in [0.717, 1.165) is 37.8 Å². The highest BCUT2D eigenvalue weighted by Crippen LogP contribution is 2.34. The number of carbonyl (C=O) groups is 1. The second kappa shape index (κ2) is 3.52. The van der Waals surface area contributed by atoms with Crippen molar-refractivity contribution in [1.29, 1.82) is 0 Å². The molecule has 3 nitrogen and oxygen atoms in total. The van der Waals surface area contributed by atoms with Gasteiger partial charge in [-0.15, -0.1) is 0 Å². The second-order valence-corrected chi connectivity index (χ2v) is 4.53. The summed E-state index contributed by atoms with van der Waals surface area (Å²) in [5.74, 6) is 0. The summed E-state index contributed by atoms with van der Waals surface area (Å²) in [4.78, 5) is 15.6. The molecule has 1 aromatic rings. The number of benzene rings is 1. The molecule has 0 saturated carbocycles. The summed E-state index contributed by atoms with van der Waals surface area (Å²) in [5.41, 5.74) is 2.67. The molecule has 1 saturated heterocycles. The molecule has 3 heteroatoms. The van der Waals surface area contributed by atoms with Gasteiger partial charge in [0.2, 0.25) is 0 Å². The van der Waals surface area contributed by atoms with Gasteiger partial charge < -0.3 is 5.32 Å². The molecule has 0 bridgehead atoms. The third-order valence-electron chi connectivity index (χ3n) is 3.57. The number of fused-ring (bicyclic) bond motifs is 1. The Labute approximate surface area is 94.6 Å². The van der Waals surface area contributed by atoms with Gasteiger partial charge in [-0.05, 0) is 37.4 Å². The number of nitrogens with zero attached hydrogens (tertiary/aromatic N) is 1. The molecule has 2 heterocycles. The van der Waals surface area contributed by atoms with Gasteiger partial charge in [-0.2, -0.15) is 0 Å². The Morgan fingerprint density at radius 2 is 2.25 bits per heavy atom. The van der Waals surface area contributed by atoms with E-state index in [1.807, 2.05) is 18.2 Å². The standard InChI is InChI=1S/C13H14N2O/c16-9-12-13(6-3-7-14-13)8-10-4-1-2-5-11(10)15-12/h1-2,4-5,9,14H,3,6-8H2. The topological polar surface area (TPSA) is 41.5 Å². The maximum absolute atomic E-state index is 11.2. The number of carbonyl (C=O) groups excluding carboxylic acids is 1. The van der Waals surface area contributed by atoms with E-state index in [1.54, 1.807) is 0 Å². The zero-order valence-electron chi connectivity index (χ0n) is 9.07. The van der Waals surface area contributed by atoms with Crippen molar-refractivity contribution >= 4 is 17.7 Å². The molecule has 16 heavy (non-hydrogen) atoms. The molecule has 0 radical (unpaired) electrons. The van der Waals surface area contributed by atoms with Crippen LogP contribution in [-0.2, 0) is 11.2 Å². The van der Waals surface area contributed by atoms with E-state index in [9.17, 15) is 4.79 Å². The van der Waals surface area contributed by atoms with Crippen molar-refractivity contribution in [3.05, 3.63) is 29.8 Å². The molecule has 1 unspecified atom stereocenters. The van der Waals surface area contributed by atoms with Crippen molar-refractivity contribution < 1.29 is 4.79 Å². The van der Waals surface area contributed by atoms with E-state index >= 15 is 0 Å². The highest BCUT2D eigenvalue weighted by atomic mass is 16.1. The van der Waals surface area contributed by atoms with Crippen LogP contribution in [0.3, 0.4) is 0 Å². The van der Waals surface area contributed by atoms with Gasteiger partial charge >= 0.3 is 0 Å². The Bertz CT molecular complexity index is 459. The summed E-state index contributed by atoms with van der Waals surface area (Å²) >= 11 is 0. The lowest BCUT2D eigenvalue weighted by Crippen LogP contribution is -2.51. The Balaban J connectivity index is 2.11. The molecule has 1 N–H and O–H groups in total. The van der Waals surface area contributed by atoms with Crippen molar-refractivity contribution in [1.82, 2.24) is 5.32 Å². The normalized spacial score (nSPS) is 27.6. The van der Waals surface area contributed by atoms with Gasteiger partial charge in [-0.25, -0.2) is 4.99 Å². The fourth-order valence-electron chi connectivity index (χ4n) is 2.74. The van der Waals surface area contributed by atoms with E-state index in [0.29, 0.717) is 5.71 Å². The zero-order valence-corrected chi connectivity index (χ0v) is 9.07. The van der Waals surface area contributed by atoms with E-state index in [2.05, 4.69) is 16.4 Å². The summed E-state index contributed by atoms with van der Waals surface area (Å²) in [7, 11) is 0. The van der Waals surface area contributed by atoms with E-state index in [1.165, 1.54) is 5.56 Å². The Kier molecular flexibility index (Phi) is 2.14. The van der Waals surface area contributed by atoms with Gasteiger partial charge in [0.25, 0.3) is 0 Å². The Morgan fingerprint density at radius 3 is 3.00 bits per heavy atom. The molecular formula is C13H14N2O. The fourth-order valence-corrected chi connectivity index (χ4v) is 2.74. The smallest absolute Gasteiger partial charge is 0.166 e. The van der Waals surface area contributed by atoms with Crippen LogP contribution in [0.2, 0.25) is 0 Å². The number of para-hydroxylation sites is 1. The quantitative estimate of drug-likeness (QED) is 0.722. The molecule has 82 valence electrons. The predicted octanol–water partition coefficient (Wildman–Crippen LogP) is 1.64. The van der Waals surface area contributed by atoms with Crippen molar-refractivity contribution in [2.75, 3.05) is 6.54 Å². The Hall–Kier alpha value is -1.48. The molecule has 1 fully saturated rings. The molecule has 0 amide bonds. The number of aldehydes is 1. The molecule has 1 spiro atoms. The van der Waals surface area contributed by atoms with Crippen LogP contribution in [0.15, 0.2) is 29.3 Å². The molecule has 3 rings (SSSR count). The van der Waals surface area contributed by atoms with Crippen LogP contribution in [-0.4, -0.2) is 24.1 Å². The number of rotatable bonds is 1. The maximum atomic E-state index is 11.2.